The van der Waals surface area contributed by atoms with E-state index in [2.05, 4.69) is 9.79 Å². The summed E-state index contributed by atoms with van der Waals surface area (Å²) in [6, 6.07) is 20.2. The van der Waals surface area contributed by atoms with E-state index < -0.39 is 5.56 Å². The monoisotopic (exact) mass is 305 g/mol. The van der Waals surface area contributed by atoms with Crippen LogP contribution >= 0.6 is 0 Å². The molecule has 0 unspecified atom stereocenters. The van der Waals surface area contributed by atoms with Crippen molar-refractivity contribution in [2.24, 2.45) is 0 Å². The van der Waals surface area contributed by atoms with E-state index in [4.69, 9.17) is 0 Å². The van der Waals surface area contributed by atoms with Crippen LogP contribution in [0.5, 0.6) is 0 Å². The van der Waals surface area contributed by atoms with Gasteiger partial charge in [0.25, 0.3) is 0 Å². The SMILES string of the molecule is O=c1c2no[n+]([O-])c2cc(-c2ccccc2)n1-c1ccccc1. The van der Waals surface area contributed by atoms with Crippen LogP contribution in [0.4, 0.5) is 0 Å². The highest BCUT2D eigenvalue weighted by Gasteiger charge is 2.21. The summed E-state index contributed by atoms with van der Waals surface area (Å²) in [5, 5.41) is 15.3. The number of benzene rings is 2. The molecule has 0 N–H and O–H groups in total. The molecule has 0 bridgehead atoms. The van der Waals surface area contributed by atoms with E-state index in [9.17, 15) is 10.0 Å². The van der Waals surface area contributed by atoms with Crippen molar-refractivity contribution in [1.82, 2.24) is 9.72 Å². The van der Waals surface area contributed by atoms with Gasteiger partial charge in [-0.05, 0) is 22.6 Å². The minimum absolute atomic E-state index is 0.00327. The van der Waals surface area contributed by atoms with Gasteiger partial charge in [0.2, 0.25) is 5.52 Å². The molecule has 112 valence electrons. The fourth-order valence-corrected chi connectivity index (χ4v) is 2.59. The van der Waals surface area contributed by atoms with Crippen LogP contribution in [0.15, 0.2) is 76.2 Å². The molecular formula is C17H11N3O3. The van der Waals surface area contributed by atoms with Gasteiger partial charge >= 0.3 is 11.1 Å². The van der Waals surface area contributed by atoms with Crippen molar-refractivity contribution in [3.05, 3.63) is 82.3 Å². The standard InChI is InChI=1S/C17H11N3O3/c21-17-16-15(20(22)23-18-16)11-14(12-7-3-1-4-8-12)19(17)13-9-5-2-6-10-13/h1-11H. The molecule has 0 atom stereocenters. The van der Waals surface area contributed by atoms with Crippen LogP contribution in [0.1, 0.15) is 0 Å². The van der Waals surface area contributed by atoms with Gasteiger partial charge in [-0.1, -0.05) is 48.5 Å². The van der Waals surface area contributed by atoms with Crippen molar-refractivity contribution < 1.29 is 9.53 Å². The van der Waals surface area contributed by atoms with E-state index in [0.29, 0.717) is 11.4 Å². The predicted octanol–water partition coefficient (Wildman–Crippen LogP) is 2.28. The van der Waals surface area contributed by atoms with Gasteiger partial charge in [0.15, 0.2) is 0 Å². The van der Waals surface area contributed by atoms with Crippen molar-refractivity contribution >= 4 is 11.0 Å². The number of pyridine rings is 1. The Labute approximate surface area is 130 Å². The summed E-state index contributed by atoms with van der Waals surface area (Å²) in [5.74, 6) is 0. The van der Waals surface area contributed by atoms with Gasteiger partial charge < -0.3 is 5.21 Å². The van der Waals surface area contributed by atoms with Crippen molar-refractivity contribution in [2.75, 3.05) is 0 Å². The molecule has 4 aromatic rings. The molecule has 0 aliphatic heterocycles. The maximum Gasteiger partial charge on any atom is 0.314 e. The molecule has 2 aromatic heterocycles. The molecule has 0 aliphatic carbocycles. The summed E-state index contributed by atoms with van der Waals surface area (Å²) >= 11 is 0. The van der Waals surface area contributed by atoms with E-state index in [1.54, 1.807) is 6.07 Å². The topological polar surface area (TPSA) is 75.0 Å². The average Bonchev–Trinajstić information content (AvgIpc) is 2.98. The van der Waals surface area contributed by atoms with Gasteiger partial charge in [0.05, 0.1) is 10.9 Å². The Morgan fingerprint density at radius 1 is 1.00 bits per heavy atom. The Hall–Kier alpha value is -3.41. The van der Waals surface area contributed by atoms with Crippen molar-refractivity contribution in [1.29, 1.82) is 0 Å². The highest BCUT2D eigenvalue weighted by Crippen LogP contribution is 2.23. The number of para-hydroxylation sites is 1. The largest absolute Gasteiger partial charge is 0.359 e. The maximum atomic E-state index is 12.8. The molecular weight excluding hydrogens is 294 g/mol. The Bertz CT molecular complexity index is 1040. The third-order valence-corrected chi connectivity index (χ3v) is 3.65. The number of aromatic nitrogens is 3. The Balaban J connectivity index is 2.14. The summed E-state index contributed by atoms with van der Waals surface area (Å²) in [5.41, 5.74) is 1.83. The first kappa shape index (κ1) is 13.3. The number of hydrogen-bond acceptors (Lipinski definition) is 4. The summed E-state index contributed by atoms with van der Waals surface area (Å²) in [6.45, 7) is 0. The van der Waals surface area contributed by atoms with Crippen molar-refractivity contribution in [2.45, 2.75) is 0 Å². The van der Waals surface area contributed by atoms with Crippen LogP contribution in [-0.4, -0.2) is 9.72 Å². The average molecular weight is 305 g/mol. The fourth-order valence-electron chi connectivity index (χ4n) is 2.59. The van der Waals surface area contributed by atoms with Crippen LogP contribution in [0, 0.1) is 5.21 Å². The minimum atomic E-state index is -0.397. The first-order chi connectivity index (χ1) is 11.3. The molecule has 0 amide bonds. The highest BCUT2D eigenvalue weighted by molar-refractivity contribution is 5.77. The zero-order valence-corrected chi connectivity index (χ0v) is 11.9. The molecule has 0 fully saturated rings. The Kier molecular flexibility index (Phi) is 2.94. The highest BCUT2D eigenvalue weighted by atomic mass is 16.8. The second kappa shape index (κ2) is 5.10. The summed E-state index contributed by atoms with van der Waals surface area (Å²) < 4.78 is 6.10. The van der Waals surface area contributed by atoms with Crippen LogP contribution in [0.2, 0.25) is 0 Å². The molecule has 4 rings (SSSR count). The fraction of sp³-hybridized carbons (Fsp3) is 0. The molecule has 0 radical (unpaired) electrons. The number of hydrogen-bond donors (Lipinski definition) is 0. The molecule has 23 heavy (non-hydrogen) atoms. The third kappa shape index (κ3) is 2.08. The van der Waals surface area contributed by atoms with E-state index in [-0.39, 0.29) is 15.9 Å². The molecule has 0 spiro atoms. The van der Waals surface area contributed by atoms with E-state index >= 15 is 0 Å². The smallest absolute Gasteiger partial charge is 0.314 e. The summed E-state index contributed by atoms with van der Waals surface area (Å²) in [7, 11) is 0. The molecule has 2 heterocycles. The lowest BCUT2D eigenvalue weighted by atomic mass is 10.1. The lowest BCUT2D eigenvalue weighted by Crippen LogP contribution is -2.26. The van der Waals surface area contributed by atoms with Gasteiger partial charge in [-0.15, -0.1) is 0 Å². The zero-order chi connectivity index (χ0) is 15.8. The Morgan fingerprint density at radius 3 is 2.35 bits per heavy atom. The second-order valence-corrected chi connectivity index (χ2v) is 5.04. The second-order valence-electron chi connectivity index (χ2n) is 5.04. The number of fused-ring (bicyclic) bond motifs is 1. The van der Waals surface area contributed by atoms with Gasteiger partial charge in [0.1, 0.15) is 0 Å². The summed E-state index contributed by atoms with van der Waals surface area (Å²) in [6.07, 6.45) is 0. The van der Waals surface area contributed by atoms with Gasteiger partial charge in [0, 0.05) is 11.8 Å². The van der Waals surface area contributed by atoms with E-state index in [1.165, 1.54) is 4.57 Å². The zero-order valence-electron chi connectivity index (χ0n) is 11.9. The van der Waals surface area contributed by atoms with Gasteiger partial charge in [-0.25, -0.2) is 0 Å². The van der Waals surface area contributed by atoms with Gasteiger partial charge in [-0.3, -0.25) is 14.0 Å². The van der Waals surface area contributed by atoms with Crippen molar-refractivity contribution in [3.8, 4) is 16.9 Å². The van der Waals surface area contributed by atoms with E-state index in [1.807, 2.05) is 60.7 Å². The van der Waals surface area contributed by atoms with Crippen LogP contribution in [-0.2, 0) is 0 Å². The first-order valence-corrected chi connectivity index (χ1v) is 7.02. The first-order valence-electron chi connectivity index (χ1n) is 7.02. The third-order valence-electron chi connectivity index (χ3n) is 3.65. The Morgan fingerprint density at radius 2 is 1.65 bits per heavy atom. The van der Waals surface area contributed by atoms with Crippen LogP contribution in [0.3, 0.4) is 0 Å². The molecule has 0 saturated carbocycles. The number of rotatable bonds is 2. The van der Waals surface area contributed by atoms with Gasteiger partial charge in [-0.2, -0.15) is 0 Å². The molecule has 0 saturated heterocycles. The molecule has 0 aliphatic rings. The maximum absolute atomic E-state index is 12.8. The van der Waals surface area contributed by atoms with Crippen molar-refractivity contribution in [3.63, 3.8) is 0 Å². The van der Waals surface area contributed by atoms with Crippen LogP contribution < -0.4 is 10.5 Å². The molecule has 6 nitrogen and oxygen atoms in total. The van der Waals surface area contributed by atoms with E-state index in [0.717, 1.165) is 5.56 Å². The normalized spacial score (nSPS) is 11.0. The van der Waals surface area contributed by atoms with Crippen LogP contribution in [0.25, 0.3) is 28.0 Å². The molecule has 6 heteroatoms. The lowest BCUT2D eigenvalue weighted by molar-refractivity contribution is -0.782. The number of nitrogens with zero attached hydrogens (tertiary/aromatic N) is 3. The lowest BCUT2D eigenvalue weighted by Gasteiger charge is -2.12. The summed E-state index contributed by atoms with van der Waals surface area (Å²) in [4.78, 5) is 13.1. The minimum Gasteiger partial charge on any atom is -0.359 e. The molecule has 2 aromatic carbocycles. The quantitative estimate of drug-likeness (QED) is 0.532. The predicted molar refractivity (Wildman–Crippen MR) is 84.0 cm³/mol.